The van der Waals surface area contributed by atoms with Gasteiger partial charge in [0.1, 0.15) is 11.5 Å². The number of nitrogens with zero attached hydrogens (tertiary/aromatic N) is 2. The summed E-state index contributed by atoms with van der Waals surface area (Å²) < 4.78 is 16.1. The number of thiophene rings is 1. The standard InChI is InChI=1S/C16H17N3O3S/c1-3-21-14-5-4-12(20-2)8-13(14)17-9-15-18-16(22-19-15)11-6-7-23-10-11/h4-8,10,17H,3,9H2,1-2H3. The first kappa shape index (κ1) is 15.4. The fourth-order valence-electron chi connectivity index (χ4n) is 2.06. The number of nitrogens with one attached hydrogen (secondary N) is 1. The zero-order chi connectivity index (χ0) is 16.1. The van der Waals surface area contributed by atoms with Crippen LogP contribution in [-0.4, -0.2) is 23.9 Å². The third-order valence-electron chi connectivity index (χ3n) is 3.16. The van der Waals surface area contributed by atoms with Gasteiger partial charge in [-0.3, -0.25) is 0 Å². The largest absolute Gasteiger partial charge is 0.497 e. The second kappa shape index (κ2) is 7.15. The van der Waals surface area contributed by atoms with Gasteiger partial charge in [0.2, 0.25) is 0 Å². The Morgan fingerprint density at radius 3 is 2.96 bits per heavy atom. The van der Waals surface area contributed by atoms with Crippen LogP contribution in [0.4, 0.5) is 5.69 Å². The van der Waals surface area contributed by atoms with Crippen molar-refractivity contribution in [1.29, 1.82) is 0 Å². The van der Waals surface area contributed by atoms with Crippen molar-refractivity contribution in [2.75, 3.05) is 19.0 Å². The summed E-state index contributed by atoms with van der Waals surface area (Å²) in [6.45, 7) is 2.97. The van der Waals surface area contributed by atoms with Gasteiger partial charge in [-0.05, 0) is 30.5 Å². The van der Waals surface area contributed by atoms with Crippen LogP contribution in [0, 0.1) is 0 Å². The lowest BCUT2D eigenvalue weighted by Crippen LogP contribution is -2.04. The van der Waals surface area contributed by atoms with E-state index in [1.165, 1.54) is 0 Å². The van der Waals surface area contributed by atoms with Gasteiger partial charge in [-0.15, -0.1) is 0 Å². The highest BCUT2D eigenvalue weighted by atomic mass is 32.1. The number of hydrogen-bond acceptors (Lipinski definition) is 7. The molecule has 3 aromatic rings. The molecule has 0 saturated heterocycles. The van der Waals surface area contributed by atoms with Crippen molar-refractivity contribution in [1.82, 2.24) is 10.1 Å². The Hall–Kier alpha value is -2.54. The number of ether oxygens (including phenoxy) is 2. The van der Waals surface area contributed by atoms with E-state index < -0.39 is 0 Å². The van der Waals surface area contributed by atoms with Gasteiger partial charge in [0.05, 0.1) is 31.5 Å². The first-order valence-corrected chi connectivity index (χ1v) is 8.14. The Kier molecular flexibility index (Phi) is 4.77. The molecule has 0 atom stereocenters. The maximum atomic E-state index is 5.61. The molecule has 120 valence electrons. The predicted molar refractivity (Wildman–Crippen MR) is 89.1 cm³/mol. The quantitative estimate of drug-likeness (QED) is 0.710. The Bertz CT molecular complexity index is 756. The van der Waals surface area contributed by atoms with E-state index in [9.17, 15) is 0 Å². The maximum absolute atomic E-state index is 5.61. The highest BCUT2D eigenvalue weighted by Gasteiger charge is 2.11. The minimum atomic E-state index is 0.431. The molecule has 0 fully saturated rings. The molecule has 3 rings (SSSR count). The smallest absolute Gasteiger partial charge is 0.258 e. The molecule has 2 heterocycles. The molecule has 0 unspecified atom stereocenters. The summed E-state index contributed by atoms with van der Waals surface area (Å²) >= 11 is 1.59. The SMILES string of the molecule is CCOc1ccc(OC)cc1NCc1noc(-c2ccsc2)n1. The zero-order valence-corrected chi connectivity index (χ0v) is 13.7. The van der Waals surface area contributed by atoms with Crippen LogP contribution in [0.15, 0.2) is 39.5 Å². The zero-order valence-electron chi connectivity index (χ0n) is 12.9. The highest BCUT2D eigenvalue weighted by molar-refractivity contribution is 7.08. The summed E-state index contributed by atoms with van der Waals surface area (Å²) in [6.07, 6.45) is 0. The van der Waals surface area contributed by atoms with Crippen LogP contribution >= 0.6 is 11.3 Å². The van der Waals surface area contributed by atoms with Crippen LogP contribution < -0.4 is 14.8 Å². The van der Waals surface area contributed by atoms with Crippen LogP contribution in [-0.2, 0) is 6.54 Å². The molecule has 0 spiro atoms. The molecular formula is C16H17N3O3S. The van der Waals surface area contributed by atoms with Gasteiger partial charge < -0.3 is 19.3 Å². The van der Waals surface area contributed by atoms with E-state index in [1.54, 1.807) is 18.4 Å². The van der Waals surface area contributed by atoms with Crippen LogP contribution in [0.25, 0.3) is 11.5 Å². The predicted octanol–water partition coefficient (Wildman–Crippen LogP) is 3.82. The van der Waals surface area contributed by atoms with Crippen molar-refractivity contribution < 1.29 is 14.0 Å². The summed E-state index contributed by atoms with van der Waals surface area (Å²) in [6, 6.07) is 7.56. The highest BCUT2D eigenvalue weighted by Crippen LogP contribution is 2.29. The lowest BCUT2D eigenvalue weighted by molar-refractivity contribution is 0.340. The molecule has 1 N–H and O–H groups in total. The van der Waals surface area contributed by atoms with Gasteiger partial charge in [-0.1, -0.05) is 5.16 Å². The van der Waals surface area contributed by atoms with E-state index in [0.717, 1.165) is 22.7 Å². The van der Waals surface area contributed by atoms with Crippen LogP contribution in [0.5, 0.6) is 11.5 Å². The van der Waals surface area contributed by atoms with E-state index in [2.05, 4.69) is 15.5 Å². The van der Waals surface area contributed by atoms with Crippen molar-refractivity contribution in [2.24, 2.45) is 0 Å². The van der Waals surface area contributed by atoms with Gasteiger partial charge >= 0.3 is 0 Å². The molecule has 0 saturated carbocycles. The van der Waals surface area contributed by atoms with Gasteiger partial charge in [0.15, 0.2) is 5.82 Å². The maximum Gasteiger partial charge on any atom is 0.258 e. The third kappa shape index (κ3) is 3.62. The average molecular weight is 331 g/mol. The fourth-order valence-corrected chi connectivity index (χ4v) is 2.69. The van der Waals surface area contributed by atoms with Gasteiger partial charge in [0, 0.05) is 11.4 Å². The number of methoxy groups -OCH3 is 1. The van der Waals surface area contributed by atoms with E-state index >= 15 is 0 Å². The van der Waals surface area contributed by atoms with Crippen molar-refractivity contribution in [3.05, 3.63) is 40.8 Å². The van der Waals surface area contributed by atoms with Crippen molar-refractivity contribution in [2.45, 2.75) is 13.5 Å². The molecule has 0 aliphatic rings. The van der Waals surface area contributed by atoms with Crippen LogP contribution in [0.3, 0.4) is 0 Å². The number of anilines is 1. The number of benzene rings is 1. The number of aromatic nitrogens is 2. The monoisotopic (exact) mass is 331 g/mol. The first-order valence-electron chi connectivity index (χ1n) is 7.20. The van der Waals surface area contributed by atoms with E-state index in [0.29, 0.717) is 24.9 Å². The van der Waals surface area contributed by atoms with E-state index in [-0.39, 0.29) is 0 Å². The summed E-state index contributed by atoms with van der Waals surface area (Å²) in [5, 5.41) is 11.2. The van der Waals surface area contributed by atoms with Gasteiger partial charge in [0.25, 0.3) is 5.89 Å². The second-order valence-electron chi connectivity index (χ2n) is 4.68. The molecule has 0 aliphatic carbocycles. The first-order chi connectivity index (χ1) is 11.3. The summed E-state index contributed by atoms with van der Waals surface area (Å²) in [5.74, 6) is 2.62. The summed E-state index contributed by atoms with van der Waals surface area (Å²) in [7, 11) is 1.63. The molecule has 7 heteroatoms. The fraction of sp³-hybridized carbons (Fsp3) is 0.250. The lowest BCUT2D eigenvalue weighted by Gasteiger charge is -2.12. The molecule has 0 radical (unpaired) electrons. The van der Waals surface area contributed by atoms with Crippen molar-refractivity contribution in [3.63, 3.8) is 0 Å². The summed E-state index contributed by atoms with van der Waals surface area (Å²) in [5.41, 5.74) is 1.76. The van der Waals surface area contributed by atoms with Gasteiger partial charge in [-0.2, -0.15) is 16.3 Å². The van der Waals surface area contributed by atoms with E-state index in [4.69, 9.17) is 14.0 Å². The molecule has 0 aliphatic heterocycles. The molecule has 1 aromatic carbocycles. The topological polar surface area (TPSA) is 69.4 Å². The molecule has 23 heavy (non-hydrogen) atoms. The Morgan fingerprint density at radius 2 is 2.22 bits per heavy atom. The second-order valence-corrected chi connectivity index (χ2v) is 5.46. The van der Waals surface area contributed by atoms with Crippen LogP contribution in [0.2, 0.25) is 0 Å². The molecular weight excluding hydrogens is 314 g/mol. The van der Waals surface area contributed by atoms with E-state index in [1.807, 2.05) is 41.9 Å². The normalized spacial score (nSPS) is 10.5. The lowest BCUT2D eigenvalue weighted by atomic mass is 10.2. The molecule has 6 nitrogen and oxygen atoms in total. The minimum absolute atomic E-state index is 0.431. The Balaban J connectivity index is 1.72. The van der Waals surface area contributed by atoms with Crippen molar-refractivity contribution in [3.8, 4) is 23.0 Å². The molecule has 2 aromatic heterocycles. The minimum Gasteiger partial charge on any atom is -0.497 e. The molecule has 0 bridgehead atoms. The average Bonchev–Trinajstić information content (AvgIpc) is 3.25. The summed E-state index contributed by atoms with van der Waals surface area (Å²) in [4.78, 5) is 4.38. The number of rotatable bonds is 7. The molecule has 0 amide bonds. The van der Waals surface area contributed by atoms with Gasteiger partial charge in [-0.25, -0.2) is 0 Å². The Labute approximate surface area is 138 Å². The third-order valence-corrected chi connectivity index (χ3v) is 3.84. The Morgan fingerprint density at radius 1 is 1.30 bits per heavy atom. The number of hydrogen-bond donors (Lipinski definition) is 1. The van der Waals surface area contributed by atoms with Crippen molar-refractivity contribution >= 4 is 17.0 Å². The van der Waals surface area contributed by atoms with Crippen LogP contribution in [0.1, 0.15) is 12.7 Å².